The van der Waals surface area contributed by atoms with Crippen molar-refractivity contribution >= 4 is 21.6 Å². The van der Waals surface area contributed by atoms with Crippen molar-refractivity contribution in [1.82, 2.24) is 0 Å². The molecule has 0 unspecified atom stereocenters. The quantitative estimate of drug-likeness (QED) is 0.712. The third-order valence-corrected chi connectivity index (χ3v) is 6.60. The minimum absolute atomic E-state index is 0.192. The van der Waals surface area contributed by atoms with E-state index in [1.54, 1.807) is 23.9 Å². The van der Waals surface area contributed by atoms with E-state index in [0.29, 0.717) is 4.90 Å². The predicted molar refractivity (Wildman–Crippen MR) is 84.7 cm³/mol. The van der Waals surface area contributed by atoms with Crippen molar-refractivity contribution in [1.29, 1.82) is 0 Å². The van der Waals surface area contributed by atoms with Gasteiger partial charge in [-0.05, 0) is 45.1 Å². The molecule has 1 aromatic rings. The molecule has 108 valence electrons. The van der Waals surface area contributed by atoms with Crippen LogP contribution < -0.4 is 0 Å². The average Bonchev–Trinajstić information content (AvgIpc) is 2.28. The number of rotatable bonds is 7. The third kappa shape index (κ3) is 5.57. The van der Waals surface area contributed by atoms with Crippen LogP contribution in [0.3, 0.4) is 0 Å². The molecule has 0 bridgehead atoms. The van der Waals surface area contributed by atoms with Gasteiger partial charge in [0, 0.05) is 4.75 Å². The molecule has 0 aromatic heterocycles. The van der Waals surface area contributed by atoms with Crippen molar-refractivity contribution < 1.29 is 8.42 Å². The number of aryl methyl sites for hydroxylation is 1. The molecule has 0 heterocycles. The van der Waals surface area contributed by atoms with Gasteiger partial charge in [-0.15, -0.1) is 0 Å². The first-order valence-electron chi connectivity index (χ1n) is 6.70. The van der Waals surface area contributed by atoms with Crippen LogP contribution in [0.5, 0.6) is 0 Å². The lowest BCUT2D eigenvalue weighted by molar-refractivity contribution is 0.588. The summed E-state index contributed by atoms with van der Waals surface area (Å²) >= 11 is 1.75. The maximum absolute atomic E-state index is 12.4. The lowest BCUT2D eigenvalue weighted by Gasteiger charge is -2.23. The van der Waals surface area contributed by atoms with Crippen LogP contribution >= 0.6 is 11.8 Å². The minimum atomic E-state index is -3.19. The van der Waals surface area contributed by atoms with E-state index < -0.39 is 9.84 Å². The van der Waals surface area contributed by atoms with E-state index in [9.17, 15) is 8.42 Å². The van der Waals surface area contributed by atoms with Gasteiger partial charge in [-0.1, -0.05) is 31.0 Å². The van der Waals surface area contributed by atoms with Crippen LogP contribution in [-0.2, 0) is 9.84 Å². The van der Waals surface area contributed by atoms with Gasteiger partial charge in [0.25, 0.3) is 0 Å². The number of hydrogen-bond acceptors (Lipinski definition) is 3. The minimum Gasteiger partial charge on any atom is -0.224 e. The molecule has 0 N–H and O–H groups in total. The zero-order valence-electron chi connectivity index (χ0n) is 12.3. The van der Waals surface area contributed by atoms with Crippen LogP contribution in [0.1, 0.15) is 39.2 Å². The second-order valence-corrected chi connectivity index (χ2v) is 9.33. The highest BCUT2D eigenvalue weighted by Crippen LogP contribution is 2.29. The molecule has 0 fully saturated rings. The molecule has 0 aliphatic rings. The summed E-state index contributed by atoms with van der Waals surface area (Å²) in [5.74, 6) is 1.21. The molecule has 0 radical (unpaired) electrons. The highest BCUT2D eigenvalue weighted by molar-refractivity contribution is 8.02. The molecule has 0 amide bonds. The largest absolute Gasteiger partial charge is 0.224 e. The lowest BCUT2D eigenvalue weighted by Crippen LogP contribution is -2.27. The average molecular weight is 300 g/mol. The molecule has 0 aliphatic carbocycles. The first-order chi connectivity index (χ1) is 8.77. The first kappa shape index (κ1) is 16.6. The zero-order chi connectivity index (χ0) is 14.5. The summed E-state index contributed by atoms with van der Waals surface area (Å²) in [5, 5.41) is 0. The zero-order valence-corrected chi connectivity index (χ0v) is 13.9. The number of sulfone groups is 1. The maximum Gasteiger partial charge on any atom is 0.179 e. The number of hydrogen-bond donors (Lipinski definition) is 0. The molecule has 2 nitrogen and oxygen atoms in total. The molecule has 0 atom stereocenters. The number of unbranched alkanes of at least 4 members (excludes halogenated alkanes) is 1. The van der Waals surface area contributed by atoms with Crippen LogP contribution in [-0.4, -0.2) is 24.7 Å². The summed E-state index contributed by atoms with van der Waals surface area (Å²) < 4.78 is 24.5. The molecular weight excluding hydrogens is 276 g/mol. The van der Waals surface area contributed by atoms with Crippen molar-refractivity contribution in [2.24, 2.45) is 0 Å². The molecule has 0 saturated heterocycles. The lowest BCUT2D eigenvalue weighted by atomic mass is 10.2. The fraction of sp³-hybridized carbons (Fsp3) is 0.600. The fourth-order valence-electron chi connectivity index (χ4n) is 1.82. The molecule has 19 heavy (non-hydrogen) atoms. The monoisotopic (exact) mass is 300 g/mol. The van der Waals surface area contributed by atoms with Crippen molar-refractivity contribution in [3.8, 4) is 0 Å². The van der Waals surface area contributed by atoms with Crippen LogP contribution in [0.2, 0.25) is 0 Å². The highest BCUT2D eigenvalue weighted by Gasteiger charge is 2.27. The van der Waals surface area contributed by atoms with Crippen LogP contribution in [0.4, 0.5) is 0 Å². The van der Waals surface area contributed by atoms with E-state index in [0.717, 1.165) is 24.2 Å². The summed E-state index contributed by atoms with van der Waals surface area (Å²) in [7, 11) is -3.19. The Morgan fingerprint density at radius 2 is 1.74 bits per heavy atom. The highest BCUT2D eigenvalue weighted by atomic mass is 32.2. The SMILES string of the molecule is CCCCSC(C)(C)CS(=O)(=O)c1ccc(C)cc1. The molecule has 0 aliphatic heterocycles. The van der Waals surface area contributed by atoms with Crippen LogP contribution in [0.25, 0.3) is 0 Å². The Morgan fingerprint density at radius 3 is 2.26 bits per heavy atom. The van der Waals surface area contributed by atoms with Gasteiger partial charge in [-0.3, -0.25) is 0 Å². The molecule has 0 saturated carbocycles. The second kappa shape index (κ2) is 6.80. The maximum atomic E-state index is 12.4. The van der Waals surface area contributed by atoms with Gasteiger partial charge in [0.15, 0.2) is 9.84 Å². The van der Waals surface area contributed by atoms with E-state index in [1.165, 1.54) is 0 Å². The summed E-state index contributed by atoms with van der Waals surface area (Å²) in [6.07, 6.45) is 2.28. The second-order valence-electron chi connectivity index (χ2n) is 5.53. The fourth-order valence-corrected chi connectivity index (χ4v) is 5.24. The Morgan fingerprint density at radius 1 is 1.16 bits per heavy atom. The van der Waals surface area contributed by atoms with Crippen LogP contribution in [0.15, 0.2) is 29.2 Å². The van der Waals surface area contributed by atoms with Gasteiger partial charge < -0.3 is 0 Å². The predicted octanol–water partition coefficient (Wildman–Crippen LogP) is 4.08. The summed E-state index contributed by atoms with van der Waals surface area (Å²) in [5.41, 5.74) is 1.08. The molecular formula is C15H24O2S2. The third-order valence-electron chi connectivity index (χ3n) is 2.91. The van der Waals surface area contributed by atoms with Gasteiger partial charge in [0.05, 0.1) is 10.6 Å². The standard InChI is InChI=1S/C15H24O2S2/c1-5-6-11-18-15(3,4)12-19(16,17)14-9-7-13(2)8-10-14/h7-10H,5-6,11-12H2,1-4H3. The summed E-state index contributed by atoms with van der Waals surface area (Å²) in [4.78, 5) is 0.433. The van der Waals surface area contributed by atoms with E-state index in [4.69, 9.17) is 0 Å². The Hall–Kier alpha value is -0.480. The van der Waals surface area contributed by atoms with Gasteiger partial charge >= 0.3 is 0 Å². The van der Waals surface area contributed by atoms with E-state index in [-0.39, 0.29) is 10.5 Å². The number of benzene rings is 1. The summed E-state index contributed by atoms with van der Waals surface area (Å²) in [6, 6.07) is 7.11. The van der Waals surface area contributed by atoms with Crippen molar-refractivity contribution in [2.45, 2.75) is 50.2 Å². The topological polar surface area (TPSA) is 34.1 Å². The normalized spacial score (nSPS) is 12.6. The van der Waals surface area contributed by atoms with Gasteiger partial charge in [-0.2, -0.15) is 11.8 Å². The summed E-state index contributed by atoms with van der Waals surface area (Å²) in [6.45, 7) is 8.13. The van der Waals surface area contributed by atoms with E-state index >= 15 is 0 Å². The Kier molecular flexibility index (Phi) is 5.93. The molecule has 0 spiro atoms. The Balaban J connectivity index is 2.76. The van der Waals surface area contributed by atoms with E-state index in [1.807, 2.05) is 32.9 Å². The number of thioether (sulfide) groups is 1. The van der Waals surface area contributed by atoms with Crippen LogP contribution in [0, 0.1) is 6.92 Å². The smallest absolute Gasteiger partial charge is 0.179 e. The van der Waals surface area contributed by atoms with Crippen molar-refractivity contribution in [3.05, 3.63) is 29.8 Å². The van der Waals surface area contributed by atoms with Crippen molar-refractivity contribution in [2.75, 3.05) is 11.5 Å². The first-order valence-corrected chi connectivity index (χ1v) is 9.34. The van der Waals surface area contributed by atoms with E-state index in [2.05, 4.69) is 6.92 Å². The van der Waals surface area contributed by atoms with Gasteiger partial charge in [0.2, 0.25) is 0 Å². The van der Waals surface area contributed by atoms with Gasteiger partial charge in [0.1, 0.15) is 0 Å². The Bertz CT molecular complexity index is 487. The molecule has 1 rings (SSSR count). The Labute approximate surface area is 121 Å². The van der Waals surface area contributed by atoms with Crippen molar-refractivity contribution in [3.63, 3.8) is 0 Å². The van der Waals surface area contributed by atoms with Gasteiger partial charge in [-0.25, -0.2) is 8.42 Å². The molecule has 1 aromatic carbocycles. The molecule has 4 heteroatoms.